The molecule has 0 bridgehead atoms. The Hall–Kier alpha value is -1.42. The van der Waals surface area contributed by atoms with Crippen LogP contribution in [0.15, 0.2) is 24.8 Å². The van der Waals surface area contributed by atoms with Crippen molar-refractivity contribution in [2.24, 2.45) is 11.1 Å². The van der Waals surface area contributed by atoms with E-state index in [1.165, 1.54) is 5.69 Å². The van der Waals surface area contributed by atoms with Gasteiger partial charge in [0.25, 0.3) is 0 Å². The molecule has 0 aromatic carbocycles. The quantitative estimate of drug-likeness (QED) is 0.755. The summed E-state index contributed by atoms with van der Waals surface area (Å²) in [6.45, 7) is 4.39. The van der Waals surface area contributed by atoms with E-state index in [1.807, 2.05) is 12.4 Å². The average Bonchev–Trinajstić information content (AvgIpc) is 2.63. The van der Waals surface area contributed by atoms with Crippen LogP contribution in [0.1, 0.15) is 25.5 Å². The van der Waals surface area contributed by atoms with Gasteiger partial charge in [-0.05, 0) is 5.41 Å². The monoisotopic (exact) mass is 202 g/mol. The molecule has 2 aromatic rings. The van der Waals surface area contributed by atoms with Crippen LogP contribution in [0.4, 0.5) is 0 Å². The number of aromatic nitrogens is 3. The highest BCUT2D eigenvalue weighted by atomic mass is 15.0. The van der Waals surface area contributed by atoms with Crippen LogP contribution in [0.5, 0.6) is 0 Å². The molecule has 0 radical (unpaired) electrons. The molecule has 0 amide bonds. The molecule has 15 heavy (non-hydrogen) atoms. The zero-order valence-corrected chi connectivity index (χ0v) is 8.88. The van der Waals surface area contributed by atoms with Crippen LogP contribution in [0.2, 0.25) is 0 Å². The maximum atomic E-state index is 6.07. The standard InChI is InChI=1S/C11H14N4/c1-11(2)9(10(11)12)7-5-14-8-6-13-3-4-15(7)8/h3-6,9-10H,12H2,1-2H3/t9-,10-/m1/s1. The van der Waals surface area contributed by atoms with Crippen molar-refractivity contribution >= 4 is 5.65 Å². The Morgan fingerprint density at radius 3 is 2.80 bits per heavy atom. The number of imidazole rings is 1. The zero-order valence-electron chi connectivity index (χ0n) is 8.88. The van der Waals surface area contributed by atoms with Gasteiger partial charge in [-0.3, -0.25) is 4.98 Å². The van der Waals surface area contributed by atoms with Gasteiger partial charge in [-0.15, -0.1) is 0 Å². The average molecular weight is 202 g/mol. The van der Waals surface area contributed by atoms with Crippen molar-refractivity contribution in [1.29, 1.82) is 0 Å². The summed E-state index contributed by atoms with van der Waals surface area (Å²) < 4.78 is 2.08. The molecule has 4 nitrogen and oxygen atoms in total. The maximum absolute atomic E-state index is 6.07. The van der Waals surface area contributed by atoms with Gasteiger partial charge >= 0.3 is 0 Å². The number of hydrogen-bond acceptors (Lipinski definition) is 3. The number of hydrogen-bond donors (Lipinski definition) is 1. The van der Waals surface area contributed by atoms with Crippen molar-refractivity contribution in [2.75, 3.05) is 0 Å². The van der Waals surface area contributed by atoms with Gasteiger partial charge in [-0.1, -0.05) is 13.8 Å². The molecule has 4 heteroatoms. The molecule has 2 N–H and O–H groups in total. The van der Waals surface area contributed by atoms with Crippen LogP contribution in [0.25, 0.3) is 5.65 Å². The normalized spacial score (nSPS) is 28.2. The van der Waals surface area contributed by atoms with Crippen molar-refractivity contribution < 1.29 is 0 Å². The summed E-state index contributed by atoms with van der Waals surface area (Å²) in [4.78, 5) is 8.37. The lowest BCUT2D eigenvalue weighted by atomic mass is 10.1. The molecule has 3 rings (SSSR count). The number of fused-ring (bicyclic) bond motifs is 1. The van der Waals surface area contributed by atoms with E-state index in [9.17, 15) is 0 Å². The maximum Gasteiger partial charge on any atom is 0.155 e. The van der Waals surface area contributed by atoms with Gasteiger partial charge in [0.15, 0.2) is 5.65 Å². The highest BCUT2D eigenvalue weighted by Gasteiger charge is 2.57. The van der Waals surface area contributed by atoms with Crippen LogP contribution in [-0.4, -0.2) is 20.4 Å². The van der Waals surface area contributed by atoms with Crippen LogP contribution >= 0.6 is 0 Å². The first-order chi connectivity index (χ1) is 7.12. The highest BCUT2D eigenvalue weighted by molar-refractivity contribution is 5.41. The summed E-state index contributed by atoms with van der Waals surface area (Å²) in [5.41, 5.74) is 8.35. The van der Waals surface area contributed by atoms with E-state index in [0.717, 1.165) is 5.65 Å². The lowest BCUT2D eigenvalue weighted by molar-refractivity contribution is 0.594. The molecule has 2 atom stereocenters. The van der Waals surface area contributed by atoms with Gasteiger partial charge in [-0.2, -0.15) is 0 Å². The first-order valence-corrected chi connectivity index (χ1v) is 5.15. The second-order valence-electron chi connectivity index (χ2n) is 4.81. The molecule has 1 aliphatic rings. The smallest absolute Gasteiger partial charge is 0.155 e. The minimum Gasteiger partial charge on any atom is -0.327 e. The molecule has 1 aliphatic carbocycles. The first-order valence-electron chi connectivity index (χ1n) is 5.15. The van der Waals surface area contributed by atoms with Crippen molar-refractivity contribution in [1.82, 2.24) is 14.4 Å². The number of nitrogens with two attached hydrogens (primary N) is 1. The fourth-order valence-corrected chi connectivity index (χ4v) is 2.33. The molecular formula is C11H14N4. The Morgan fingerprint density at radius 1 is 1.40 bits per heavy atom. The number of nitrogens with zero attached hydrogens (tertiary/aromatic N) is 3. The van der Waals surface area contributed by atoms with E-state index in [1.54, 1.807) is 12.4 Å². The summed E-state index contributed by atoms with van der Waals surface area (Å²) in [6.07, 6.45) is 7.40. The Kier molecular flexibility index (Phi) is 1.52. The Bertz CT molecular complexity index is 514. The van der Waals surface area contributed by atoms with E-state index in [-0.39, 0.29) is 11.5 Å². The Labute approximate surface area is 88.1 Å². The molecule has 1 fully saturated rings. The third-order valence-electron chi connectivity index (χ3n) is 3.58. The molecule has 0 aliphatic heterocycles. The fraction of sp³-hybridized carbons (Fsp3) is 0.455. The molecular weight excluding hydrogens is 188 g/mol. The molecule has 78 valence electrons. The molecule has 2 aromatic heterocycles. The van der Waals surface area contributed by atoms with Crippen molar-refractivity contribution in [3.63, 3.8) is 0 Å². The van der Waals surface area contributed by atoms with Crippen LogP contribution in [-0.2, 0) is 0 Å². The lowest BCUT2D eigenvalue weighted by Crippen LogP contribution is -2.06. The van der Waals surface area contributed by atoms with Crippen molar-refractivity contribution in [3.05, 3.63) is 30.5 Å². The minimum atomic E-state index is 0.194. The largest absolute Gasteiger partial charge is 0.327 e. The summed E-state index contributed by atoms with van der Waals surface area (Å²) in [5, 5.41) is 0. The Morgan fingerprint density at radius 2 is 2.13 bits per heavy atom. The van der Waals surface area contributed by atoms with Gasteiger partial charge in [0, 0.05) is 36.2 Å². The third kappa shape index (κ3) is 1.05. The lowest BCUT2D eigenvalue weighted by Gasteiger charge is -2.01. The second-order valence-corrected chi connectivity index (χ2v) is 4.81. The van der Waals surface area contributed by atoms with E-state index < -0.39 is 0 Å². The summed E-state index contributed by atoms with van der Waals surface area (Å²) in [7, 11) is 0. The number of rotatable bonds is 1. The molecule has 0 unspecified atom stereocenters. The predicted molar refractivity (Wildman–Crippen MR) is 57.5 cm³/mol. The molecule has 1 saturated carbocycles. The first kappa shape index (κ1) is 8.85. The Balaban J connectivity index is 2.14. The zero-order chi connectivity index (χ0) is 10.6. The highest BCUT2D eigenvalue weighted by Crippen LogP contribution is 2.57. The van der Waals surface area contributed by atoms with Gasteiger partial charge in [0.2, 0.25) is 0 Å². The van der Waals surface area contributed by atoms with E-state index in [0.29, 0.717) is 5.92 Å². The molecule has 0 saturated heterocycles. The van der Waals surface area contributed by atoms with Gasteiger partial charge in [-0.25, -0.2) is 4.98 Å². The predicted octanol–water partition coefficient (Wildman–Crippen LogP) is 1.18. The van der Waals surface area contributed by atoms with Crippen LogP contribution in [0, 0.1) is 5.41 Å². The van der Waals surface area contributed by atoms with Gasteiger partial charge in [0.1, 0.15) is 0 Å². The summed E-state index contributed by atoms with van der Waals surface area (Å²) in [6, 6.07) is 0.241. The van der Waals surface area contributed by atoms with Crippen LogP contribution in [0.3, 0.4) is 0 Å². The van der Waals surface area contributed by atoms with E-state index in [2.05, 4.69) is 28.2 Å². The van der Waals surface area contributed by atoms with Crippen molar-refractivity contribution in [3.8, 4) is 0 Å². The summed E-state index contributed by atoms with van der Waals surface area (Å²) >= 11 is 0. The topological polar surface area (TPSA) is 56.2 Å². The van der Waals surface area contributed by atoms with E-state index in [4.69, 9.17) is 5.73 Å². The van der Waals surface area contributed by atoms with Crippen molar-refractivity contribution in [2.45, 2.75) is 25.8 Å². The molecule has 2 heterocycles. The van der Waals surface area contributed by atoms with Gasteiger partial charge < -0.3 is 10.1 Å². The fourth-order valence-electron chi connectivity index (χ4n) is 2.33. The summed E-state index contributed by atoms with van der Waals surface area (Å²) in [5.74, 6) is 0.412. The minimum absolute atomic E-state index is 0.194. The molecule has 0 spiro atoms. The second kappa shape index (κ2) is 2.58. The SMILES string of the molecule is CC1(C)[C@H](N)[C@H]1c1cnc2cnccn12. The van der Waals surface area contributed by atoms with E-state index >= 15 is 0 Å². The third-order valence-corrected chi connectivity index (χ3v) is 3.58. The van der Waals surface area contributed by atoms with Gasteiger partial charge in [0.05, 0.1) is 6.20 Å². The van der Waals surface area contributed by atoms with Crippen LogP contribution < -0.4 is 5.73 Å².